The van der Waals surface area contributed by atoms with Crippen molar-refractivity contribution in [3.05, 3.63) is 53.2 Å². The molecular weight excluding hydrogens is 236 g/mol. The average Bonchev–Trinajstić information content (AvgIpc) is 2.41. The SMILES string of the molecule is Cc1ccc(C#N)c(N(C)Cc2ccc(N)cc2)n1. The van der Waals surface area contributed by atoms with Gasteiger partial charge < -0.3 is 10.6 Å². The summed E-state index contributed by atoms with van der Waals surface area (Å²) in [6.45, 7) is 2.60. The summed E-state index contributed by atoms with van der Waals surface area (Å²) in [7, 11) is 1.93. The van der Waals surface area contributed by atoms with Crippen LogP contribution in [-0.4, -0.2) is 12.0 Å². The van der Waals surface area contributed by atoms with Crippen molar-refractivity contribution in [2.45, 2.75) is 13.5 Å². The number of anilines is 2. The van der Waals surface area contributed by atoms with Crippen LogP contribution in [0.2, 0.25) is 0 Å². The van der Waals surface area contributed by atoms with Crippen LogP contribution >= 0.6 is 0 Å². The summed E-state index contributed by atoms with van der Waals surface area (Å²) in [4.78, 5) is 6.41. The molecule has 0 spiro atoms. The van der Waals surface area contributed by atoms with Crippen LogP contribution in [0.4, 0.5) is 11.5 Å². The number of benzene rings is 1. The van der Waals surface area contributed by atoms with Crippen molar-refractivity contribution in [3.8, 4) is 6.07 Å². The van der Waals surface area contributed by atoms with Gasteiger partial charge >= 0.3 is 0 Å². The van der Waals surface area contributed by atoms with E-state index in [1.165, 1.54) is 0 Å². The molecule has 0 radical (unpaired) electrons. The van der Waals surface area contributed by atoms with Gasteiger partial charge in [0.2, 0.25) is 0 Å². The molecule has 96 valence electrons. The van der Waals surface area contributed by atoms with Crippen LogP contribution < -0.4 is 10.6 Å². The Morgan fingerprint density at radius 3 is 2.53 bits per heavy atom. The molecule has 4 heteroatoms. The largest absolute Gasteiger partial charge is 0.399 e. The van der Waals surface area contributed by atoms with Gasteiger partial charge in [-0.1, -0.05) is 12.1 Å². The fourth-order valence-electron chi connectivity index (χ4n) is 1.89. The zero-order valence-corrected chi connectivity index (χ0v) is 11.1. The number of aromatic nitrogens is 1. The number of rotatable bonds is 3. The Morgan fingerprint density at radius 1 is 1.21 bits per heavy atom. The Bertz CT molecular complexity index is 611. The second-order valence-electron chi connectivity index (χ2n) is 4.53. The van der Waals surface area contributed by atoms with Gasteiger partial charge in [0, 0.05) is 25.0 Å². The average molecular weight is 252 g/mol. The van der Waals surface area contributed by atoms with E-state index in [-0.39, 0.29) is 0 Å². The monoisotopic (exact) mass is 252 g/mol. The fourth-order valence-corrected chi connectivity index (χ4v) is 1.89. The molecule has 1 aromatic heterocycles. The quantitative estimate of drug-likeness (QED) is 0.852. The molecule has 1 aromatic carbocycles. The summed E-state index contributed by atoms with van der Waals surface area (Å²) in [5, 5.41) is 9.13. The van der Waals surface area contributed by atoms with Gasteiger partial charge in [-0.2, -0.15) is 5.26 Å². The third kappa shape index (κ3) is 3.02. The van der Waals surface area contributed by atoms with Gasteiger partial charge in [0.25, 0.3) is 0 Å². The van der Waals surface area contributed by atoms with Crippen LogP contribution in [0.15, 0.2) is 36.4 Å². The molecule has 0 saturated heterocycles. The smallest absolute Gasteiger partial charge is 0.146 e. The molecule has 0 bridgehead atoms. The minimum absolute atomic E-state index is 0.587. The lowest BCUT2D eigenvalue weighted by Crippen LogP contribution is -2.19. The molecule has 0 atom stereocenters. The van der Waals surface area contributed by atoms with Crippen LogP contribution in [0.25, 0.3) is 0 Å². The van der Waals surface area contributed by atoms with Crippen molar-refractivity contribution in [3.63, 3.8) is 0 Å². The van der Waals surface area contributed by atoms with E-state index in [0.717, 1.165) is 16.9 Å². The lowest BCUT2D eigenvalue weighted by Gasteiger charge is -2.19. The predicted octanol–water partition coefficient (Wildman–Crippen LogP) is 2.48. The number of aryl methyl sites for hydroxylation is 1. The van der Waals surface area contributed by atoms with Crippen molar-refractivity contribution in [2.75, 3.05) is 17.7 Å². The third-order valence-electron chi connectivity index (χ3n) is 2.90. The first-order valence-corrected chi connectivity index (χ1v) is 6.03. The fraction of sp³-hybridized carbons (Fsp3) is 0.200. The molecule has 0 fully saturated rings. The van der Waals surface area contributed by atoms with Crippen molar-refractivity contribution in [1.29, 1.82) is 5.26 Å². The highest BCUT2D eigenvalue weighted by atomic mass is 15.2. The third-order valence-corrected chi connectivity index (χ3v) is 2.90. The molecule has 19 heavy (non-hydrogen) atoms. The Balaban J connectivity index is 2.25. The molecule has 1 heterocycles. The minimum atomic E-state index is 0.587. The lowest BCUT2D eigenvalue weighted by atomic mass is 10.2. The van der Waals surface area contributed by atoms with Gasteiger partial charge in [0.05, 0.1) is 5.56 Å². The van der Waals surface area contributed by atoms with E-state index in [0.29, 0.717) is 17.9 Å². The summed E-state index contributed by atoms with van der Waals surface area (Å²) in [6, 6.07) is 13.5. The molecule has 0 aliphatic rings. The number of nitrogens with two attached hydrogens (primary N) is 1. The first-order chi connectivity index (χ1) is 9.10. The summed E-state index contributed by atoms with van der Waals surface area (Å²) < 4.78 is 0. The van der Waals surface area contributed by atoms with E-state index in [1.807, 2.05) is 49.2 Å². The van der Waals surface area contributed by atoms with Gasteiger partial charge in [-0.25, -0.2) is 4.98 Å². The topological polar surface area (TPSA) is 65.9 Å². The molecular formula is C15H16N4. The Labute approximate surface area is 113 Å². The van der Waals surface area contributed by atoms with Gasteiger partial charge in [-0.15, -0.1) is 0 Å². The minimum Gasteiger partial charge on any atom is -0.399 e. The first-order valence-electron chi connectivity index (χ1n) is 6.03. The molecule has 2 aromatic rings. The Kier molecular flexibility index (Phi) is 3.67. The molecule has 0 aliphatic carbocycles. The number of nitrogens with zero attached hydrogens (tertiary/aromatic N) is 3. The van der Waals surface area contributed by atoms with Gasteiger partial charge in [-0.05, 0) is 36.8 Å². The number of hydrogen-bond donors (Lipinski definition) is 1. The highest BCUT2D eigenvalue weighted by Crippen LogP contribution is 2.19. The number of nitriles is 1. The zero-order valence-electron chi connectivity index (χ0n) is 11.1. The zero-order chi connectivity index (χ0) is 13.8. The van der Waals surface area contributed by atoms with Crippen LogP contribution in [-0.2, 0) is 6.54 Å². The highest BCUT2D eigenvalue weighted by molar-refractivity contribution is 5.54. The predicted molar refractivity (Wildman–Crippen MR) is 76.7 cm³/mol. The van der Waals surface area contributed by atoms with Crippen molar-refractivity contribution >= 4 is 11.5 Å². The van der Waals surface area contributed by atoms with E-state index in [2.05, 4.69) is 11.1 Å². The maximum Gasteiger partial charge on any atom is 0.146 e. The molecule has 2 N–H and O–H groups in total. The number of nitrogen functional groups attached to an aromatic ring is 1. The van der Waals surface area contributed by atoms with E-state index in [1.54, 1.807) is 6.07 Å². The second kappa shape index (κ2) is 5.40. The van der Waals surface area contributed by atoms with Gasteiger partial charge in [0.1, 0.15) is 11.9 Å². The lowest BCUT2D eigenvalue weighted by molar-refractivity contribution is 0.889. The first kappa shape index (κ1) is 12.9. The van der Waals surface area contributed by atoms with Crippen molar-refractivity contribution < 1.29 is 0 Å². The van der Waals surface area contributed by atoms with E-state index >= 15 is 0 Å². The normalized spacial score (nSPS) is 9.95. The number of hydrogen-bond acceptors (Lipinski definition) is 4. The van der Waals surface area contributed by atoms with Gasteiger partial charge in [-0.3, -0.25) is 0 Å². The highest BCUT2D eigenvalue weighted by Gasteiger charge is 2.09. The summed E-state index contributed by atoms with van der Waals surface area (Å²) >= 11 is 0. The molecule has 2 rings (SSSR count). The van der Waals surface area contributed by atoms with Crippen LogP contribution in [0.3, 0.4) is 0 Å². The summed E-state index contributed by atoms with van der Waals surface area (Å²) in [5.41, 5.74) is 9.03. The van der Waals surface area contributed by atoms with Crippen molar-refractivity contribution in [2.24, 2.45) is 0 Å². The summed E-state index contributed by atoms with van der Waals surface area (Å²) in [5.74, 6) is 0.708. The van der Waals surface area contributed by atoms with Gasteiger partial charge in [0.15, 0.2) is 0 Å². The Morgan fingerprint density at radius 2 is 1.89 bits per heavy atom. The van der Waals surface area contributed by atoms with Crippen molar-refractivity contribution in [1.82, 2.24) is 4.98 Å². The standard InChI is InChI=1S/C15H16N4/c1-11-3-6-13(9-16)15(18-11)19(2)10-12-4-7-14(17)8-5-12/h3-8H,10,17H2,1-2H3. The molecule has 0 saturated carbocycles. The molecule has 4 nitrogen and oxygen atoms in total. The molecule has 0 amide bonds. The van der Waals surface area contributed by atoms with Crippen LogP contribution in [0.1, 0.15) is 16.8 Å². The maximum absolute atomic E-state index is 9.13. The van der Waals surface area contributed by atoms with E-state index < -0.39 is 0 Å². The van der Waals surface area contributed by atoms with Crippen LogP contribution in [0, 0.1) is 18.3 Å². The van der Waals surface area contributed by atoms with E-state index in [4.69, 9.17) is 11.0 Å². The van der Waals surface area contributed by atoms with Crippen LogP contribution in [0.5, 0.6) is 0 Å². The number of pyridine rings is 1. The maximum atomic E-state index is 9.13. The Hall–Kier alpha value is -2.54. The summed E-state index contributed by atoms with van der Waals surface area (Å²) in [6.07, 6.45) is 0. The molecule has 0 aliphatic heterocycles. The van der Waals surface area contributed by atoms with E-state index in [9.17, 15) is 0 Å². The second-order valence-corrected chi connectivity index (χ2v) is 4.53. The molecule has 0 unspecified atom stereocenters.